The monoisotopic (exact) mass is 451 g/mol. The average molecular weight is 451 g/mol. The van der Waals surface area contributed by atoms with Gasteiger partial charge in [0.1, 0.15) is 11.3 Å². The first-order valence-electron chi connectivity index (χ1n) is 10.7. The Hall–Kier alpha value is -3.68. The number of pyridine rings is 1. The quantitative estimate of drug-likeness (QED) is 0.454. The van der Waals surface area contributed by atoms with Crippen LogP contribution in [0.2, 0.25) is 0 Å². The van der Waals surface area contributed by atoms with Crippen LogP contribution in [0.15, 0.2) is 35.5 Å². The molecule has 0 radical (unpaired) electrons. The first-order valence-corrected chi connectivity index (χ1v) is 10.7. The van der Waals surface area contributed by atoms with Gasteiger partial charge in [-0.05, 0) is 67.1 Å². The van der Waals surface area contributed by atoms with E-state index in [1.807, 2.05) is 23.7 Å². The van der Waals surface area contributed by atoms with Gasteiger partial charge < -0.3 is 19.1 Å². The predicted octanol–water partition coefficient (Wildman–Crippen LogP) is 4.57. The lowest BCUT2D eigenvalue weighted by Gasteiger charge is -2.20. The van der Waals surface area contributed by atoms with Crippen LogP contribution >= 0.6 is 0 Å². The zero-order valence-electron chi connectivity index (χ0n) is 19.2. The second-order valence-electron chi connectivity index (χ2n) is 8.20. The molecule has 1 aliphatic rings. The van der Waals surface area contributed by atoms with E-state index in [0.29, 0.717) is 63.7 Å². The van der Waals surface area contributed by atoms with Crippen molar-refractivity contribution in [2.24, 2.45) is 12.0 Å². The largest absolute Gasteiger partial charge is 0.490 e. The summed E-state index contributed by atoms with van der Waals surface area (Å²) in [5, 5.41) is 10.3. The van der Waals surface area contributed by atoms with Crippen LogP contribution in [0, 0.1) is 12.7 Å². The van der Waals surface area contributed by atoms with Crippen molar-refractivity contribution < 1.29 is 23.8 Å². The van der Waals surface area contributed by atoms with E-state index in [1.165, 1.54) is 13.2 Å². The summed E-state index contributed by atoms with van der Waals surface area (Å²) in [5.41, 5.74) is 4.96. The van der Waals surface area contributed by atoms with Crippen LogP contribution < -0.4 is 4.74 Å². The number of aliphatic imine (C=N–C) groups is 1. The lowest BCUT2D eigenvalue weighted by molar-refractivity contribution is -0.136. The Kier molecular flexibility index (Phi) is 5.93. The van der Waals surface area contributed by atoms with Gasteiger partial charge >= 0.3 is 5.97 Å². The number of fused-ring (bicyclic) bond motifs is 2. The topological polar surface area (TPSA) is 85.9 Å². The van der Waals surface area contributed by atoms with Gasteiger partial charge in [-0.1, -0.05) is 6.58 Å². The molecular formula is C25H26FN3O4. The summed E-state index contributed by atoms with van der Waals surface area (Å²) >= 11 is 0. The standard InChI is InChI=1S/C25H26FN3O4/c1-13(2)27-25(32-5)20-11-18-22(16-9-15-7-6-8-33-23(15)19(26)10-16)17(12-21(30)31)14(3)28-24(18)29(20)4/h9-11H,1,6-8,12H2,2-5H3,(H,30,31). The molecule has 0 spiro atoms. The third kappa shape index (κ3) is 4.08. The number of aliphatic carboxylic acids is 1. The Balaban J connectivity index is 2.07. The molecule has 0 atom stereocenters. The Bertz CT molecular complexity index is 1320. The first-order chi connectivity index (χ1) is 15.7. The number of carboxylic acids is 1. The van der Waals surface area contributed by atoms with Crippen LogP contribution in [0.1, 0.15) is 35.9 Å². The minimum atomic E-state index is -0.986. The number of carboxylic acid groups (broad SMARTS) is 1. The molecule has 1 aliphatic heterocycles. The van der Waals surface area contributed by atoms with E-state index >= 15 is 4.39 Å². The second-order valence-corrected chi connectivity index (χ2v) is 8.20. The molecule has 33 heavy (non-hydrogen) atoms. The molecule has 172 valence electrons. The molecule has 0 amide bonds. The van der Waals surface area contributed by atoms with Crippen molar-refractivity contribution in [2.75, 3.05) is 13.7 Å². The zero-order valence-corrected chi connectivity index (χ0v) is 19.2. The Morgan fingerprint density at radius 1 is 1.39 bits per heavy atom. The number of hydrogen-bond acceptors (Lipinski definition) is 5. The molecule has 0 unspecified atom stereocenters. The maximum atomic E-state index is 15.0. The van der Waals surface area contributed by atoms with Crippen LogP contribution in [0.3, 0.4) is 0 Å². The van der Waals surface area contributed by atoms with E-state index < -0.39 is 11.8 Å². The summed E-state index contributed by atoms with van der Waals surface area (Å²) in [7, 11) is 3.35. The second kappa shape index (κ2) is 8.69. The number of benzene rings is 1. The zero-order chi connectivity index (χ0) is 23.9. The molecule has 3 heterocycles. The number of carbonyl (C=O) groups is 1. The maximum Gasteiger partial charge on any atom is 0.307 e. The van der Waals surface area contributed by atoms with Crippen molar-refractivity contribution in [3.63, 3.8) is 0 Å². The SMILES string of the molecule is C=C(C)N=C(OC)c1cc2c(-c3cc(F)c4c(c3)CCCO4)c(CC(=O)O)c(C)nc2n1C. The van der Waals surface area contributed by atoms with Crippen LogP contribution in [-0.2, 0) is 29.4 Å². The lowest BCUT2D eigenvalue weighted by Crippen LogP contribution is -2.11. The number of aryl methyl sites for hydroxylation is 3. The van der Waals surface area contributed by atoms with E-state index in [2.05, 4.69) is 16.6 Å². The summed E-state index contributed by atoms with van der Waals surface area (Å²) in [6.45, 7) is 7.83. The molecule has 7 nitrogen and oxygen atoms in total. The summed E-state index contributed by atoms with van der Waals surface area (Å²) in [6, 6.07) is 5.15. The molecule has 0 fully saturated rings. The van der Waals surface area contributed by atoms with Gasteiger partial charge in [-0.3, -0.25) is 4.79 Å². The summed E-state index contributed by atoms with van der Waals surface area (Å²) in [4.78, 5) is 20.8. The van der Waals surface area contributed by atoms with E-state index in [4.69, 9.17) is 9.47 Å². The molecule has 2 aromatic heterocycles. The van der Waals surface area contributed by atoms with Crippen molar-refractivity contribution in [2.45, 2.75) is 33.1 Å². The van der Waals surface area contributed by atoms with Crippen LogP contribution in [-0.4, -0.2) is 40.2 Å². The number of methoxy groups -OCH3 is 1. The Morgan fingerprint density at radius 3 is 2.82 bits per heavy atom. The van der Waals surface area contributed by atoms with Gasteiger partial charge in [-0.2, -0.15) is 0 Å². The smallest absolute Gasteiger partial charge is 0.307 e. The van der Waals surface area contributed by atoms with Gasteiger partial charge in [-0.25, -0.2) is 14.4 Å². The van der Waals surface area contributed by atoms with Crippen molar-refractivity contribution >= 4 is 22.9 Å². The summed E-state index contributed by atoms with van der Waals surface area (Å²) in [5.74, 6) is -0.809. The molecular weight excluding hydrogens is 425 g/mol. The minimum Gasteiger partial charge on any atom is -0.490 e. The lowest BCUT2D eigenvalue weighted by atomic mass is 9.91. The first kappa shape index (κ1) is 22.5. The highest BCUT2D eigenvalue weighted by atomic mass is 19.1. The molecule has 1 N–H and O–H groups in total. The van der Waals surface area contributed by atoms with Crippen molar-refractivity contribution in [1.82, 2.24) is 9.55 Å². The van der Waals surface area contributed by atoms with E-state index in [9.17, 15) is 9.90 Å². The van der Waals surface area contributed by atoms with Gasteiger partial charge in [0.05, 0.1) is 20.1 Å². The van der Waals surface area contributed by atoms with Crippen molar-refractivity contribution in [3.8, 4) is 16.9 Å². The molecule has 3 aromatic rings. The molecule has 1 aromatic carbocycles. The van der Waals surface area contributed by atoms with Crippen molar-refractivity contribution in [3.05, 3.63) is 58.8 Å². The van der Waals surface area contributed by atoms with Gasteiger partial charge in [0.25, 0.3) is 0 Å². The van der Waals surface area contributed by atoms with Crippen LogP contribution in [0.4, 0.5) is 4.39 Å². The van der Waals surface area contributed by atoms with Gasteiger partial charge in [0.2, 0.25) is 5.90 Å². The molecule has 0 aliphatic carbocycles. The fourth-order valence-electron chi connectivity index (χ4n) is 4.34. The Labute approximate surface area is 191 Å². The molecule has 0 saturated heterocycles. The normalized spacial score (nSPS) is 13.5. The highest BCUT2D eigenvalue weighted by Gasteiger charge is 2.24. The van der Waals surface area contributed by atoms with Gasteiger partial charge in [0, 0.05) is 23.8 Å². The maximum absolute atomic E-state index is 15.0. The third-order valence-corrected chi connectivity index (χ3v) is 5.76. The van der Waals surface area contributed by atoms with Gasteiger partial charge in [0.15, 0.2) is 11.6 Å². The average Bonchev–Trinajstić information content (AvgIpc) is 3.07. The molecule has 4 rings (SSSR count). The predicted molar refractivity (Wildman–Crippen MR) is 124 cm³/mol. The fraction of sp³-hybridized carbons (Fsp3) is 0.320. The minimum absolute atomic E-state index is 0.236. The third-order valence-electron chi connectivity index (χ3n) is 5.76. The van der Waals surface area contributed by atoms with Crippen molar-refractivity contribution in [1.29, 1.82) is 0 Å². The Morgan fingerprint density at radius 2 is 2.15 bits per heavy atom. The highest BCUT2D eigenvalue weighted by molar-refractivity contribution is 6.04. The fourth-order valence-corrected chi connectivity index (χ4v) is 4.34. The summed E-state index contributed by atoms with van der Waals surface area (Å²) < 4.78 is 27.9. The molecule has 0 saturated carbocycles. The number of aromatic nitrogens is 2. The number of allylic oxidation sites excluding steroid dienone is 1. The summed E-state index contributed by atoms with van der Waals surface area (Å²) in [6.07, 6.45) is 1.26. The number of halogens is 1. The number of hydrogen-bond donors (Lipinski definition) is 1. The highest BCUT2D eigenvalue weighted by Crippen LogP contribution is 2.39. The van der Waals surface area contributed by atoms with Crippen LogP contribution in [0.25, 0.3) is 22.2 Å². The van der Waals surface area contributed by atoms with Crippen LogP contribution in [0.5, 0.6) is 5.75 Å². The van der Waals surface area contributed by atoms with E-state index in [-0.39, 0.29) is 12.2 Å². The molecule has 0 bridgehead atoms. The van der Waals surface area contributed by atoms with Gasteiger partial charge in [-0.15, -0.1) is 0 Å². The number of nitrogens with zero attached hydrogens (tertiary/aromatic N) is 3. The van der Waals surface area contributed by atoms with E-state index in [0.717, 1.165) is 12.0 Å². The number of rotatable bonds is 5. The molecule has 8 heteroatoms. The van der Waals surface area contributed by atoms with E-state index in [1.54, 1.807) is 13.8 Å². The number of ether oxygens (including phenoxy) is 2.